The van der Waals surface area contributed by atoms with E-state index in [9.17, 15) is 17.2 Å². The topological polar surface area (TPSA) is 73.2 Å². The highest BCUT2D eigenvalue weighted by atomic mass is 32.2. The van der Waals surface area contributed by atoms with E-state index in [-0.39, 0.29) is 6.54 Å². The van der Waals surface area contributed by atoms with Crippen LogP contribution in [0.4, 0.5) is 8.78 Å². The number of ether oxygens (including phenoxy) is 1. The van der Waals surface area contributed by atoms with Gasteiger partial charge in [-0.2, -0.15) is 5.10 Å². The SMILES string of the molecule is COc1c(F)ccc(F)c1S(=O)(=O)NCC1(n2cccn2)CC1. The average molecular weight is 343 g/mol. The molecule has 1 saturated carbocycles. The van der Waals surface area contributed by atoms with Gasteiger partial charge in [-0.15, -0.1) is 0 Å². The van der Waals surface area contributed by atoms with Gasteiger partial charge in [0.1, 0.15) is 5.82 Å². The van der Waals surface area contributed by atoms with Crippen molar-refractivity contribution in [3.8, 4) is 5.75 Å². The fourth-order valence-corrected chi connectivity index (χ4v) is 3.79. The van der Waals surface area contributed by atoms with Crippen LogP contribution in [0.3, 0.4) is 0 Å². The molecule has 1 aliphatic carbocycles. The number of nitrogens with one attached hydrogen (secondary N) is 1. The summed E-state index contributed by atoms with van der Waals surface area (Å²) in [6.45, 7) is 0.0378. The number of benzene rings is 1. The van der Waals surface area contributed by atoms with Crippen molar-refractivity contribution in [2.75, 3.05) is 13.7 Å². The van der Waals surface area contributed by atoms with Crippen molar-refractivity contribution in [2.24, 2.45) is 0 Å². The van der Waals surface area contributed by atoms with Crippen molar-refractivity contribution in [3.05, 3.63) is 42.2 Å². The first kappa shape index (κ1) is 15.9. The zero-order valence-electron chi connectivity index (χ0n) is 12.3. The van der Waals surface area contributed by atoms with Gasteiger partial charge in [0, 0.05) is 18.9 Å². The van der Waals surface area contributed by atoms with E-state index < -0.39 is 37.8 Å². The van der Waals surface area contributed by atoms with Gasteiger partial charge in [0.2, 0.25) is 10.0 Å². The van der Waals surface area contributed by atoms with Gasteiger partial charge in [-0.1, -0.05) is 0 Å². The minimum absolute atomic E-state index is 0.0378. The molecular formula is C14H15F2N3O3S. The largest absolute Gasteiger partial charge is 0.492 e. The van der Waals surface area contributed by atoms with Gasteiger partial charge >= 0.3 is 0 Å². The molecule has 0 atom stereocenters. The molecule has 1 aromatic heterocycles. The number of nitrogens with zero attached hydrogens (tertiary/aromatic N) is 2. The second-order valence-electron chi connectivity index (χ2n) is 5.39. The van der Waals surface area contributed by atoms with Crippen molar-refractivity contribution in [1.29, 1.82) is 0 Å². The molecule has 9 heteroatoms. The van der Waals surface area contributed by atoms with Crippen LogP contribution in [0.1, 0.15) is 12.8 Å². The number of aromatic nitrogens is 2. The molecule has 0 aliphatic heterocycles. The van der Waals surface area contributed by atoms with Gasteiger partial charge in [0.05, 0.1) is 12.6 Å². The van der Waals surface area contributed by atoms with E-state index in [2.05, 4.69) is 9.82 Å². The normalized spacial score (nSPS) is 16.3. The Labute approximate surface area is 132 Å². The molecule has 1 aliphatic rings. The summed E-state index contributed by atoms with van der Waals surface area (Å²) in [5.74, 6) is -2.65. The molecule has 3 rings (SSSR count). The first-order valence-electron chi connectivity index (χ1n) is 6.91. The smallest absolute Gasteiger partial charge is 0.247 e. The van der Waals surface area contributed by atoms with E-state index in [1.165, 1.54) is 0 Å². The predicted octanol–water partition coefficient (Wildman–Crippen LogP) is 1.64. The second kappa shape index (κ2) is 5.57. The number of hydrogen-bond acceptors (Lipinski definition) is 4. The third-order valence-corrected chi connectivity index (χ3v) is 5.34. The van der Waals surface area contributed by atoms with Crippen molar-refractivity contribution in [1.82, 2.24) is 14.5 Å². The first-order valence-corrected chi connectivity index (χ1v) is 8.40. The molecule has 124 valence electrons. The quantitative estimate of drug-likeness (QED) is 0.865. The predicted molar refractivity (Wildman–Crippen MR) is 77.5 cm³/mol. The van der Waals surface area contributed by atoms with Gasteiger partial charge in [-0.25, -0.2) is 21.9 Å². The Morgan fingerprint density at radius 2 is 2.04 bits per heavy atom. The van der Waals surface area contributed by atoms with E-state index in [1.807, 2.05) is 0 Å². The summed E-state index contributed by atoms with van der Waals surface area (Å²) in [6.07, 6.45) is 4.84. The maximum atomic E-state index is 13.9. The van der Waals surface area contributed by atoms with Crippen LogP contribution in [-0.4, -0.2) is 31.9 Å². The van der Waals surface area contributed by atoms with Crippen LogP contribution in [0.2, 0.25) is 0 Å². The molecule has 0 spiro atoms. The van der Waals surface area contributed by atoms with Gasteiger partial charge in [-0.3, -0.25) is 4.68 Å². The Hall–Kier alpha value is -2.00. The summed E-state index contributed by atoms with van der Waals surface area (Å²) in [7, 11) is -3.19. The number of halogens is 2. The zero-order chi connectivity index (χ0) is 16.7. The van der Waals surface area contributed by atoms with E-state index in [1.54, 1.807) is 23.1 Å². The minimum atomic E-state index is -4.27. The average Bonchev–Trinajstić information content (AvgIpc) is 3.11. The Kier molecular flexibility index (Phi) is 3.85. The molecule has 23 heavy (non-hydrogen) atoms. The zero-order valence-corrected chi connectivity index (χ0v) is 13.1. The molecule has 1 N–H and O–H groups in total. The van der Waals surface area contributed by atoms with E-state index in [4.69, 9.17) is 4.74 Å². The minimum Gasteiger partial charge on any atom is -0.492 e. The van der Waals surface area contributed by atoms with E-state index >= 15 is 0 Å². The molecule has 6 nitrogen and oxygen atoms in total. The first-order chi connectivity index (χ1) is 10.9. The molecular weight excluding hydrogens is 328 g/mol. The van der Waals surface area contributed by atoms with Crippen LogP contribution in [0.25, 0.3) is 0 Å². The third-order valence-electron chi connectivity index (χ3n) is 3.90. The van der Waals surface area contributed by atoms with Crippen LogP contribution in [0.5, 0.6) is 5.75 Å². The van der Waals surface area contributed by atoms with Gasteiger partial charge in [-0.05, 0) is 31.0 Å². The number of sulfonamides is 1. The summed E-state index contributed by atoms with van der Waals surface area (Å²) in [4.78, 5) is -0.823. The fourth-order valence-electron chi connectivity index (χ4n) is 2.44. The monoisotopic (exact) mass is 343 g/mol. The summed E-state index contributed by atoms with van der Waals surface area (Å²) in [6, 6.07) is 3.32. The summed E-state index contributed by atoms with van der Waals surface area (Å²) in [5.41, 5.74) is -0.451. The number of methoxy groups -OCH3 is 1. The molecule has 0 bridgehead atoms. The fraction of sp³-hybridized carbons (Fsp3) is 0.357. The van der Waals surface area contributed by atoms with Crippen molar-refractivity contribution < 1.29 is 21.9 Å². The molecule has 1 heterocycles. The van der Waals surface area contributed by atoms with Crippen LogP contribution in [0.15, 0.2) is 35.5 Å². The van der Waals surface area contributed by atoms with Gasteiger partial charge in [0.25, 0.3) is 0 Å². The number of rotatable bonds is 6. The molecule has 0 unspecified atom stereocenters. The van der Waals surface area contributed by atoms with Gasteiger partial charge < -0.3 is 4.74 Å². The van der Waals surface area contributed by atoms with Crippen LogP contribution in [-0.2, 0) is 15.6 Å². The Bertz CT molecular complexity index is 818. The molecule has 1 fully saturated rings. The molecule has 2 aromatic rings. The maximum absolute atomic E-state index is 13.9. The molecule has 0 saturated heterocycles. The van der Waals surface area contributed by atoms with Crippen LogP contribution in [0, 0.1) is 11.6 Å². The lowest BCUT2D eigenvalue weighted by atomic mass is 10.3. The summed E-state index contributed by atoms with van der Waals surface area (Å²) >= 11 is 0. The van der Waals surface area contributed by atoms with Crippen LogP contribution >= 0.6 is 0 Å². The van der Waals surface area contributed by atoms with E-state index in [0.29, 0.717) is 0 Å². The van der Waals surface area contributed by atoms with Gasteiger partial charge in [0.15, 0.2) is 16.5 Å². The van der Waals surface area contributed by atoms with Crippen molar-refractivity contribution in [3.63, 3.8) is 0 Å². The summed E-state index contributed by atoms with van der Waals surface area (Å²) < 4.78 is 61.1. The molecule has 0 radical (unpaired) electrons. The standard InChI is InChI=1S/C14H15F2N3O3S/c1-22-12-10(15)3-4-11(16)13(12)23(20,21)18-9-14(5-6-14)19-8-2-7-17-19/h2-4,7-8,18H,5-6,9H2,1H3. The Morgan fingerprint density at radius 3 is 2.61 bits per heavy atom. The Balaban J connectivity index is 1.88. The lowest BCUT2D eigenvalue weighted by Crippen LogP contribution is -2.36. The van der Waals surface area contributed by atoms with E-state index in [0.717, 1.165) is 32.1 Å². The highest BCUT2D eigenvalue weighted by Gasteiger charge is 2.46. The molecule has 1 aromatic carbocycles. The number of hydrogen-bond donors (Lipinski definition) is 1. The molecule has 0 amide bonds. The van der Waals surface area contributed by atoms with Crippen molar-refractivity contribution in [2.45, 2.75) is 23.3 Å². The lowest BCUT2D eigenvalue weighted by molar-refractivity contribution is 0.365. The van der Waals surface area contributed by atoms with Crippen LogP contribution < -0.4 is 9.46 Å². The third kappa shape index (κ3) is 2.81. The second-order valence-corrected chi connectivity index (χ2v) is 7.09. The summed E-state index contributed by atoms with van der Waals surface area (Å²) in [5, 5.41) is 4.11. The highest BCUT2D eigenvalue weighted by Crippen LogP contribution is 2.42. The maximum Gasteiger partial charge on any atom is 0.247 e. The highest BCUT2D eigenvalue weighted by molar-refractivity contribution is 7.89. The Morgan fingerprint density at radius 1 is 1.35 bits per heavy atom. The lowest BCUT2D eigenvalue weighted by Gasteiger charge is -2.18. The van der Waals surface area contributed by atoms with Crippen molar-refractivity contribution >= 4 is 10.0 Å².